The third kappa shape index (κ3) is 1.54. The predicted molar refractivity (Wildman–Crippen MR) is 66.5 cm³/mol. The van der Waals surface area contributed by atoms with Crippen LogP contribution in [0.4, 0.5) is 5.69 Å². The number of nitrogens with zero attached hydrogens (tertiary/aromatic N) is 2. The standard InChI is InChI=1S/C12H11N3OS/c1-7-10-12(15(2)14-7)17-9-6-4-3-5-8(9)11(16)13-10/h3-6H,1-2H3,(H,13,16). The van der Waals surface area contributed by atoms with Crippen molar-refractivity contribution >= 4 is 23.4 Å². The lowest BCUT2D eigenvalue weighted by Gasteiger charge is -2.02. The Morgan fingerprint density at radius 1 is 1.35 bits per heavy atom. The van der Waals surface area contributed by atoms with Crippen LogP contribution in [0.3, 0.4) is 0 Å². The van der Waals surface area contributed by atoms with Crippen molar-refractivity contribution in [3.63, 3.8) is 0 Å². The maximum absolute atomic E-state index is 12.1. The normalized spacial score (nSPS) is 13.6. The highest BCUT2D eigenvalue weighted by atomic mass is 32.2. The first-order valence-corrected chi connectivity index (χ1v) is 6.10. The van der Waals surface area contributed by atoms with Crippen LogP contribution >= 0.6 is 11.8 Å². The van der Waals surface area contributed by atoms with E-state index in [2.05, 4.69) is 10.4 Å². The molecule has 1 amide bonds. The van der Waals surface area contributed by atoms with Gasteiger partial charge in [-0.25, -0.2) is 0 Å². The first-order chi connectivity index (χ1) is 8.16. The first-order valence-electron chi connectivity index (χ1n) is 5.28. The Labute approximate surface area is 103 Å². The Morgan fingerprint density at radius 2 is 2.12 bits per heavy atom. The van der Waals surface area contributed by atoms with E-state index in [4.69, 9.17) is 0 Å². The van der Waals surface area contributed by atoms with E-state index in [0.717, 1.165) is 21.3 Å². The Bertz CT molecular complexity index is 618. The zero-order valence-electron chi connectivity index (χ0n) is 9.52. The molecule has 3 rings (SSSR count). The molecule has 0 fully saturated rings. The number of carbonyl (C=O) groups excluding carboxylic acids is 1. The Morgan fingerprint density at radius 3 is 2.94 bits per heavy atom. The smallest absolute Gasteiger partial charge is 0.256 e. The Balaban J connectivity index is 2.22. The minimum absolute atomic E-state index is 0.0667. The van der Waals surface area contributed by atoms with Gasteiger partial charge >= 0.3 is 0 Å². The van der Waals surface area contributed by atoms with Crippen molar-refractivity contribution in [2.45, 2.75) is 16.8 Å². The molecule has 0 unspecified atom stereocenters. The SMILES string of the molecule is Cc1nn(C)c2c1NC(=O)c1ccccc1S2. The summed E-state index contributed by atoms with van der Waals surface area (Å²) in [6, 6.07) is 7.61. The van der Waals surface area contributed by atoms with Gasteiger partial charge in [-0.3, -0.25) is 9.48 Å². The van der Waals surface area contributed by atoms with E-state index in [1.807, 2.05) is 38.2 Å². The van der Waals surface area contributed by atoms with Crippen molar-refractivity contribution in [3.8, 4) is 0 Å². The summed E-state index contributed by atoms with van der Waals surface area (Å²) in [5, 5.41) is 8.22. The minimum Gasteiger partial charge on any atom is -0.318 e. The third-order valence-corrected chi connectivity index (χ3v) is 3.98. The summed E-state index contributed by atoms with van der Waals surface area (Å²) >= 11 is 1.57. The van der Waals surface area contributed by atoms with Crippen molar-refractivity contribution in [3.05, 3.63) is 35.5 Å². The molecule has 2 aromatic rings. The summed E-state index contributed by atoms with van der Waals surface area (Å²) in [6.45, 7) is 1.90. The maximum atomic E-state index is 12.1. The number of hydrogen-bond acceptors (Lipinski definition) is 3. The molecule has 0 spiro atoms. The van der Waals surface area contributed by atoms with Gasteiger partial charge in [0.1, 0.15) is 5.03 Å². The zero-order valence-corrected chi connectivity index (χ0v) is 10.3. The van der Waals surface area contributed by atoms with Gasteiger partial charge in [-0.1, -0.05) is 23.9 Å². The van der Waals surface area contributed by atoms with Crippen LogP contribution < -0.4 is 5.32 Å². The number of benzene rings is 1. The van der Waals surface area contributed by atoms with Gasteiger partial charge < -0.3 is 5.32 Å². The molecule has 1 N–H and O–H groups in total. The quantitative estimate of drug-likeness (QED) is 0.775. The second-order valence-corrected chi connectivity index (χ2v) is 4.97. The third-order valence-electron chi connectivity index (χ3n) is 2.75. The highest BCUT2D eigenvalue weighted by Crippen LogP contribution is 2.39. The molecule has 17 heavy (non-hydrogen) atoms. The number of nitrogens with one attached hydrogen (secondary N) is 1. The lowest BCUT2D eigenvalue weighted by Crippen LogP contribution is -2.11. The number of anilines is 1. The van der Waals surface area contributed by atoms with Crippen molar-refractivity contribution < 1.29 is 4.79 Å². The molecular formula is C12H11N3OS. The highest BCUT2D eigenvalue weighted by molar-refractivity contribution is 7.99. The number of fused-ring (bicyclic) bond motifs is 2. The molecule has 5 heteroatoms. The van der Waals surface area contributed by atoms with Crippen molar-refractivity contribution in [1.29, 1.82) is 0 Å². The van der Waals surface area contributed by atoms with Gasteiger partial charge in [-0.15, -0.1) is 0 Å². The highest BCUT2D eigenvalue weighted by Gasteiger charge is 2.24. The van der Waals surface area contributed by atoms with Gasteiger partial charge in [0.05, 0.1) is 16.9 Å². The van der Waals surface area contributed by atoms with Crippen LogP contribution in [0.1, 0.15) is 16.1 Å². The lowest BCUT2D eigenvalue weighted by molar-refractivity contribution is 0.102. The number of aromatic nitrogens is 2. The molecule has 86 valence electrons. The maximum Gasteiger partial charge on any atom is 0.256 e. The predicted octanol–water partition coefficient (Wildman–Crippen LogP) is 2.45. The van der Waals surface area contributed by atoms with E-state index in [9.17, 15) is 4.79 Å². The Hall–Kier alpha value is -1.75. The summed E-state index contributed by atoms with van der Waals surface area (Å²) in [5.41, 5.74) is 2.38. The van der Waals surface area contributed by atoms with E-state index in [1.54, 1.807) is 16.4 Å². The first kappa shape index (κ1) is 10.4. The monoisotopic (exact) mass is 245 g/mol. The minimum atomic E-state index is -0.0667. The van der Waals surface area contributed by atoms with Crippen LogP contribution in [0, 0.1) is 6.92 Å². The van der Waals surface area contributed by atoms with Crippen LogP contribution in [-0.2, 0) is 7.05 Å². The van der Waals surface area contributed by atoms with Crippen molar-refractivity contribution in [2.75, 3.05) is 5.32 Å². The number of carbonyl (C=O) groups is 1. The van der Waals surface area contributed by atoms with Gasteiger partial charge in [0.2, 0.25) is 0 Å². The zero-order chi connectivity index (χ0) is 12.0. The molecule has 0 saturated heterocycles. The topological polar surface area (TPSA) is 46.9 Å². The summed E-state index contributed by atoms with van der Waals surface area (Å²) < 4.78 is 1.80. The Kier molecular flexibility index (Phi) is 2.22. The van der Waals surface area contributed by atoms with E-state index >= 15 is 0 Å². The molecule has 0 bridgehead atoms. The van der Waals surface area contributed by atoms with E-state index in [1.165, 1.54) is 0 Å². The lowest BCUT2D eigenvalue weighted by atomic mass is 10.2. The molecule has 0 atom stereocenters. The summed E-state index contributed by atoms with van der Waals surface area (Å²) in [5.74, 6) is -0.0667. The van der Waals surface area contributed by atoms with Gasteiger partial charge in [-0.05, 0) is 19.1 Å². The molecule has 0 radical (unpaired) electrons. The molecule has 0 saturated carbocycles. The molecule has 1 aromatic heterocycles. The van der Waals surface area contributed by atoms with Gasteiger partial charge in [-0.2, -0.15) is 5.10 Å². The summed E-state index contributed by atoms with van der Waals surface area (Å²) in [7, 11) is 1.89. The number of hydrogen-bond donors (Lipinski definition) is 1. The van der Waals surface area contributed by atoms with Crippen LogP contribution in [0.25, 0.3) is 0 Å². The number of amides is 1. The second kappa shape index (κ2) is 3.63. The van der Waals surface area contributed by atoms with Crippen LogP contribution in [-0.4, -0.2) is 15.7 Å². The second-order valence-electron chi connectivity index (χ2n) is 3.94. The van der Waals surface area contributed by atoms with Crippen molar-refractivity contribution in [2.24, 2.45) is 7.05 Å². The van der Waals surface area contributed by atoms with E-state index in [-0.39, 0.29) is 5.91 Å². The molecule has 2 heterocycles. The van der Waals surface area contributed by atoms with Gasteiger partial charge in [0, 0.05) is 11.9 Å². The molecule has 0 aliphatic carbocycles. The van der Waals surface area contributed by atoms with Crippen LogP contribution in [0.15, 0.2) is 34.2 Å². The number of aryl methyl sites for hydroxylation is 2. The fourth-order valence-corrected chi connectivity index (χ4v) is 3.03. The molecule has 1 aliphatic heterocycles. The molecule has 4 nitrogen and oxygen atoms in total. The van der Waals surface area contributed by atoms with Crippen LogP contribution in [0.5, 0.6) is 0 Å². The van der Waals surface area contributed by atoms with E-state index in [0.29, 0.717) is 5.56 Å². The molecule has 1 aromatic carbocycles. The fourth-order valence-electron chi connectivity index (χ4n) is 1.93. The summed E-state index contributed by atoms with van der Waals surface area (Å²) in [6.07, 6.45) is 0. The molecule has 1 aliphatic rings. The van der Waals surface area contributed by atoms with Crippen molar-refractivity contribution in [1.82, 2.24) is 9.78 Å². The largest absolute Gasteiger partial charge is 0.318 e. The van der Waals surface area contributed by atoms with Gasteiger partial charge in [0.25, 0.3) is 5.91 Å². The molecular weight excluding hydrogens is 234 g/mol. The fraction of sp³-hybridized carbons (Fsp3) is 0.167. The van der Waals surface area contributed by atoms with Crippen LogP contribution in [0.2, 0.25) is 0 Å². The number of rotatable bonds is 0. The average Bonchev–Trinajstić information content (AvgIpc) is 2.50. The summed E-state index contributed by atoms with van der Waals surface area (Å²) in [4.78, 5) is 13.0. The van der Waals surface area contributed by atoms with Gasteiger partial charge in [0.15, 0.2) is 0 Å². The van der Waals surface area contributed by atoms with E-state index < -0.39 is 0 Å². The average molecular weight is 245 g/mol.